The second kappa shape index (κ2) is 10.9. The highest BCUT2D eigenvalue weighted by atomic mass is 16.3. The third-order valence-corrected chi connectivity index (χ3v) is 4.92. The molecule has 5 heteroatoms. The average molecular weight is 346 g/mol. The van der Waals surface area contributed by atoms with Crippen LogP contribution in [0.15, 0.2) is 30.3 Å². The zero-order chi connectivity index (χ0) is 17.9. The van der Waals surface area contributed by atoms with Gasteiger partial charge in [0.1, 0.15) is 0 Å². The molecule has 0 spiro atoms. The minimum Gasteiger partial charge on any atom is -0.396 e. The van der Waals surface area contributed by atoms with Crippen LogP contribution in [0.3, 0.4) is 0 Å². The summed E-state index contributed by atoms with van der Waals surface area (Å²) in [6, 6.07) is 10.1. The fourth-order valence-corrected chi connectivity index (χ4v) is 3.47. The highest BCUT2D eigenvalue weighted by molar-refractivity contribution is 6.35. The van der Waals surface area contributed by atoms with Crippen LogP contribution in [-0.4, -0.2) is 36.1 Å². The number of aliphatic hydroxyl groups is 1. The van der Waals surface area contributed by atoms with Gasteiger partial charge in [0.15, 0.2) is 0 Å². The van der Waals surface area contributed by atoms with E-state index in [0.29, 0.717) is 19.4 Å². The third-order valence-electron chi connectivity index (χ3n) is 4.92. The Morgan fingerprint density at radius 3 is 2.32 bits per heavy atom. The number of carbonyl (C=O) groups excluding carboxylic acids is 2. The summed E-state index contributed by atoms with van der Waals surface area (Å²) in [4.78, 5) is 24.0. The van der Waals surface area contributed by atoms with Crippen LogP contribution >= 0.6 is 0 Å². The summed E-state index contributed by atoms with van der Waals surface area (Å²) < 4.78 is 0. The Morgan fingerprint density at radius 1 is 1.00 bits per heavy atom. The molecule has 3 N–H and O–H groups in total. The fraction of sp³-hybridized carbons (Fsp3) is 0.600. The van der Waals surface area contributed by atoms with Gasteiger partial charge in [-0.1, -0.05) is 56.0 Å². The van der Waals surface area contributed by atoms with Crippen molar-refractivity contribution in [3.8, 4) is 0 Å². The molecule has 2 amide bonds. The Kier molecular flexibility index (Phi) is 8.46. The summed E-state index contributed by atoms with van der Waals surface area (Å²) in [5.74, 6) is -0.901. The maximum absolute atomic E-state index is 12.0. The number of rotatable bonds is 7. The van der Waals surface area contributed by atoms with Crippen LogP contribution in [0.5, 0.6) is 0 Å². The van der Waals surface area contributed by atoms with Gasteiger partial charge < -0.3 is 15.7 Å². The van der Waals surface area contributed by atoms with E-state index in [1.54, 1.807) is 0 Å². The first kappa shape index (κ1) is 19.4. The highest BCUT2D eigenvalue weighted by Gasteiger charge is 2.20. The Labute approximate surface area is 150 Å². The molecule has 1 saturated carbocycles. The van der Waals surface area contributed by atoms with Crippen LogP contribution in [0, 0.1) is 0 Å². The number of amides is 2. The van der Waals surface area contributed by atoms with Crippen molar-refractivity contribution in [2.75, 3.05) is 13.2 Å². The number of aliphatic hydroxyl groups excluding tert-OH is 1. The summed E-state index contributed by atoms with van der Waals surface area (Å²) in [7, 11) is 0. The van der Waals surface area contributed by atoms with E-state index in [4.69, 9.17) is 0 Å². The normalized spacial score (nSPS) is 16.7. The quantitative estimate of drug-likeness (QED) is 0.524. The second-order valence-electron chi connectivity index (χ2n) is 6.83. The molecule has 0 bridgehead atoms. The lowest BCUT2D eigenvalue weighted by molar-refractivity contribution is -0.139. The summed E-state index contributed by atoms with van der Waals surface area (Å²) in [6.45, 7) is 0.534. The van der Waals surface area contributed by atoms with Crippen molar-refractivity contribution in [2.24, 2.45) is 0 Å². The van der Waals surface area contributed by atoms with Crippen LogP contribution < -0.4 is 10.6 Å². The standard InChI is InChI=1S/C20H30N2O3/c23-15-13-17(16-8-4-3-5-9-16)12-14-21-19(24)20(25)22-18-10-6-1-2-7-11-18/h3-5,8-9,17-18,23H,1-2,6-7,10-15H2,(H,21,24)(H,22,25). The molecule has 0 heterocycles. The lowest BCUT2D eigenvalue weighted by atomic mass is 9.93. The SMILES string of the molecule is O=C(NCCC(CCO)c1ccccc1)C(=O)NC1CCCCCC1. The van der Waals surface area contributed by atoms with Crippen molar-refractivity contribution in [3.63, 3.8) is 0 Å². The van der Waals surface area contributed by atoms with Crippen LogP contribution in [0.2, 0.25) is 0 Å². The van der Waals surface area contributed by atoms with E-state index >= 15 is 0 Å². The monoisotopic (exact) mass is 346 g/mol. The maximum Gasteiger partial charge on any atom is 0.309 e. The van der Waals surface area contributed by atoms with Gasteiger partial charge in [-0.25, -0.2) is 0 Å². The van der Waals surface area contributed by atoms with E-state index in [0.717, 1.165) is 31.2 Å². The van der Waals surface area contributed by atoms with Crippen LogP contribution in [0.1, 0.15) is 62.8 Å². The van der Waals surface area contributed by atoms with Gasteiger partial charge in [-0.2, -0.15) is 0 Å². The predicted octanol–water partition coefficient (Wildman–Crippen LogP) is 2.50. The van der Waals surface area contributed by atoms with Gasteiger partial charge in [0.05, 0.1) is 0 Å². The van der Waals surface area contributed by atoms with Gasteiger partial charge in [-0.15, -0.1) is 0 Å². The molecular weight excluding hydrogens is 316 g/mol. The predicted molar refractivity (Wildman–Crippen MR) is 98.1 cm³/mol. The van der Waals surface area contributed by atoms with Gasteiger partial charge in [-0.05, 0) is 37.2 Å². The smallest absolute Gasteiger partial charge is 0.309 e. The second-order valence-corrected chi connectivity index (χ2v) is 6.83. The van der Waals surface area contributed by atoms with E-state index in [-0.39, 0.29) is 18.6 Å². The zero-order valence-corrected chi connectivity index (χ0v) is 14.9. The maximum atomic E-state index is 12.0. The number of hydrogen-bond donors (Lipinski definition) is 3. The number of benzene rings is 1. The molecule has 1 fully saturated rings. The highest BCUT2D eigenvalue weighted by Crippen LogP contribution is 2.22. The summed E-state index contributed by atoms with van der Waals surface area (Å²) in [5.41, 5.74) is 1.15. The Balaban J connectivity index is 1.75. The molecule has 138 valence electrons. The number of carbonyl (C=O) groups is 2. The lowest BCUT2D eigenvalue weighted by Gasteiger charge is -2.18. The van der Waals surface area contributed by atoms with E-state index in [2.05, 4.69) is 10.6 Å². The van der Waals surface area contributed by atoms with Crippen molar-refractivity contribution in [1.29, 1.82) is 0 Å². The van der Waals surface area contributed by atoms with Gasteiger partial charge in [0, 0.05) is 19.2 Å². The van der Waals surface area contributed by atoms with E-state index in [1.807, 2.05) is 30.3 Å². The first-order chi connectivity index (χ1) is 12.2. The zero-order valence-electron chi connectivity index (χ0n) is 14.9. The molecule has 1 aliphatic carbocycles. The fourth-order valence-electron chi connectivity index (χ4n) is 3.47. The number of nitrogens with one attached hydrogen (secondary N) is 2. The van der Waals surface area contributed by atoms with Gasteiger partial charge in [-0.3, -0.25) is 9.59 Å². The number of hydrogen-bond acceptors (Lipinski definition) is 3. The summed E-state index contributed by atoms with van der Waals surface area (Å²) in [5, 5.41) is 14.8. The van der Waals surface area contributed by atoms with Crippen LogP contribution in [-0.2, 0) is 9.59 Å². The molecule has 1 aromatic rings. The third kappa shape index (κ3) is 6.86. The minimum absolute atomic E-state index is 0.107. The summed E-state index contributed by atoms with van der Waals surface area (Å²) in [6.07, 6.45) is 7.94. The molecule has 5 nitrogen and oxygen atoms in total. The molecule has 2 rings (SSSR count). The molecule has 1 aliphatic rings. The van der Waals surface area contributed by atoms with Crippen molar-refractivity contribution in [3.05, 3.63) is 35.9 Å². The first-order valence-electron chi connectivity index (χ1n) is 9.45. The minimum atomic E-state index is -0.556. The van der Waals surface area contributed by atoms with Gasteiger partial charge >= 0.3 is 11.8 Å². The molecule has 0 aliphatic heterocycles. The van der Waals surface area contributed by atoms with Crippen molar-refractivity contribution < 1.29 is 14.7 Å². The van der Waals surface area contributed by atoms with Gasteiger partial charge in [0.25, 0.3) is 0 Å². The van der Waals surface area contributed by atoms with E-state index in [1.165, 1.54) is 12.8 Å². The molecule has 0 aromatic heterocycles. The van der Waals surface area contributed by atoms with Crippen molar-refractivity contribution in [2.45, 2.75) is 63.3 Å². The molecule has 0 radical (unpaired) electrons. The molecular formula is C20H30N2O3. The van der Waals surface area contributed by atoms with E-state index in [9.17, 15) is 14.7 Å². The summed E-state index contributed by atoms with van der Waals surface area (Å²) >= 11 is 0. The molecule has 1 unspecified atom stereocenters. The largest absolute Gasteiger partial charge is 0.396 e. The van der Waals surface area contributed by atoms with E-state index < -0.39 is 11.8 Å². The Bertz CT molecular complexity index is 525. The lowest BCUT2D eigenvalue weighted by Crippen LogP contribution is -2.44. The van der Waals surface area contributed by atoms with Crippen molar-refractivity contribution in [1.82, 2.24) is 10.6 Å². The molecule has 25 heavy (non-hydrogen) atoms. The molecule has 1 atom stereocenters. The first-order valence-corrected chi connectivity index (χ1v) is 9.45. The molecule has 1 aromatic carbocycles. The Morgan fingerprint density at radius 2 is 1.68 bits per heavy atom. The average Bonchev–Trinajstić information content (AvgIpc) is 2.90. The van der Waals surface area contributed by atoms with Crippen LogP contribution in [0.25, 0.3) is 0 Å². The van der Waals surface area contributed by atoms with Crippen molar-refractivity contribution >= 4 is 11.8 Å². The topological polar surface area (TPSA) is 78.4 Å². The molecule has 0 saturated heterocycles. The Hall–Kier alpha value is -1.88. The van der Waals surface area contributed by atoms with Gasteiger partial charge in [0.2, 0.25) is 0 Å². The van der Waals surface area contributed by atoms with Crippen LogP contribution in [0.4, 0.5) is 0 Å².